The van der Waals surface area contributed by atoms with E-state index in [0.717, 1.165) is 12.3 Å². The lowest BCUT2D eigenvalue weighted by atomic mass is 10.2. The Labute approximate surface area is 89.1 Å². The lowest BCUT2D eigenvalue weighted by Gasteiger charge is -2.07. The highest BCUT2D eigenvalue weighted by Gasteiger charge is 2.00. The summed E-state index contributed by atoms with van der Waals surface area (Å²) in [6, 6.07) is 9.88. The molecule has 1 aromatic heterocycles. The molecule has 1 aromatic carbocycles. The van der Waals surface area contributed by atoms with Gasteiger partial charge in [0.15, 0.2) is 0 Å². The predicted molar refractivity (Wildman–Crippen MR) is 60.9 cm³/mol. The number of methoxy groups -OCH3 is 1. The number of anilines is 1. The van der Waals surface area contributed by atoms with E-state index in [9.17, 15) is 0 Å². The van der Waals surface area contributed by atoms with E-state index in [-0.39, 0.29) is 0 Å². The van der Waals surface area contributed by atoms with Gasteiger partial charge in [0, 0.05) is 18.9 Å². The first kappa shape index (κ1) is 9.65. The van der Waals surface area contributed by atoms with Crippen LogP contribution in [-0.4, -0.2) is 11.7 Å². The van der Waals surface area contributed by atoms with Gasteiger partial charge < -0.3 is 15.0 Å². The van der Waals surface area contributed by atoms with E-state index in [1.807, 2.05) is 42.7 Å². The van der Waals surface area contributed by atoms with Crippen LogP contribution < -0.4 is 10.5 Å². The van der Waals surface area contributed by atoms with E-state index >= 15 is 0 Å². The topological polar surface area (TPSA) is 40.2 Å². The summed E-state index contributed by atoms with van der Waals surface area (Å²) >= 11 is 0. The molecule has 1 heterocycles. The monoisotopic (exact) mass is 202 g/mol. The molecule has 3 nitrogen and oxygen atoms in total. The molecule has 0 spiro atoms. The first-order valence-corrected chi connectivity index (χ1v) is 4.83. The Morgan fingerprint density at radius 3 is 2.60 bits per heavy atom. The number of rotatable bonds is 3. The van der Waals surface area contributed by atoms with Crippen molar-refractivity contribution in [1.82, 2.24) is 4.57 Å². The van der Waals surface area contributed by atoms with Gasteiger partial charge >= 0.3 is 0 Å². The zero-order chi connectivity index (χ0) is 10.7. The third kappa shape index (κ3) is 2.13. The summed E-state index contributed by atoms with van der Waals surface area (Å²) in [4.78, 5) is 0. The Hall–Kier alpha value is -1.90. The molecule has 0 aliphatic heterocycles. The maximum atomic E-state index is 5.83. The molecule has 2 rings (SSSR count). The minimum Gasteiger partial charge on any atom is -0.495 e. The number of hydrogen-bond acceptors (Lipinski definition) is 2. The van der Waals surface area contributed by atoms with Crippen LogP contribution in [0.2, 0.25) is 0 Å². The van der Waals surface area contributed by atoms with Gasteiger partial charge in [-0.15, -0.1) is 0 Å². The number of nitrogens with two attached hydrogens (primary N) is 1. The van der Waals surface area contributed by atoms with Crippen LogP contribution in [0.3, 0.4) is 0 Å². The SMILES string of the molecule is COc1ccc(Cn2cccc2)cc1N. The van der Waals surface area contributed by atoms with Crippen LogP contribution in [0.1, 0.15) is 5.56 Å². The molecule has 0 radical (unpaired) electrons. The number of benzene rings is 1. The molecule has 0 amide bonds. The summed E-state index contributed by atoms with van der Waals surface area (Å²) in [6.45, 7) is 0.835. The van der Waals surface area contributed by atoms with Crippen molar-refractivity contribution in [2.75, 3.05) is 12.8 Å². The second-order valence-corrected chi connectivity index (χ2v) is 3.43. The summed E-state index contributed by atoms with van der Waals surface area (Å²) in [6.07, 6.45) is 4.06. The van der Waals surface area contributed by atoms with E-state index in [1.54, 1.807) is 7.11 Å². The zero-order valence-corrected chi connectivity index (χ0v) is 8.68. The van der Waals surface area contributed by atoms with Crippen molar-refractivity contribution in [3.05, 3.63) is 48.3 Å². The number of nitrogen functional groups attached to an aromatic ring is 1. The lowest BCUT2D eigenvalue weighted by Crippen LogP contribution is -1.98. The molecule has 0 aliphatic carbocycles. The first-order valence-electron chi connectivity index (χ1n) is 4.83. The van der Waals surface area contributed by atoms with Crippen molar-refractivity contribution >= 4 is 5.69 Å². The molecule has 0 fully saturated rings. The van der Waals surface area contributed by atoms with E-state index in [0.29, 0.717) is 5.69 Å². The van der Waals surface area contributed by atoms with Gasteiger partial charge in [-0.2, -0.15) is 0 Å². The standard InChI is InChI=1S/C12H14N2O/c1-15-12-5-4-10(8-11(12)13)9-14-6-2-3-7-14/h2-8H,9,13H2,1H3. The molecular formula is C12H14N2O. The van der Waals surface area contributed by atoms with Crippen molar-refractivity contribution in [3.8, 4) is 5.75 Å². The van der Waals surface area contributed by atoms with Crippen molar-refractivity contribution in [1.29, 1.82) is 0 Å². The Bertz CT molecular complexity index is 435. The van der Waals surface area contributed by atoms with Crippen LogP contribution >= 0.6 is 0 Å². The fraction of sp³-hybridized carbons (Fsp3) is 0.167. The fourth-order valence-corrected chi connectivity index (χ4v) is 1.57. The van der Waals surface area contributed by atoms with Gasteiger partial charge in [-0.3, -0.25) is 0 Å². The summed E-state index contributed by atoms with van der Waals surface area (Å²) in [5, 5.41) is 0. The maximum Gasteiger partial charge on any atom is 0.141 e. The van der Waals surface area contributed by atoms with Gasteiger partial charge in [0.25, 0.3) is 0 Å². The van der Waals surface area contributed by atoms with Crippen LogP contribution in [-0.2, 0) is 6.54 Å². The van der Waals surface area contributed by atoms with Crippen LogP contribution in [0, 0.1) is 0 Å². The second-order valence-electron chi connectivity index (χ2n) is 3.43. The molecule has 0 unspecified atom stereocenters. The van der Waals surface area contributed by atoms with E-state index < -0.39 is 0 Å². The molecule has 3 heteroatoms. The molecular weight excluding hydrogens is 188 g/mol. The molecule has 2 aromatic rings. The Kier molecular flexibility index (Phi) is 2.63. The summed E-state index contributed by atoms with van der Waals surface area (Å²) < 4.78 is 7.20. The Morgan fingerprint density at radius 1 is 1.27 bits per heavy atom. The summed E-state index contributed by atoms with van der Waals surface area (Å²) in [7, 11) is 1.62. The van der Waals surface area contributed by atoms with Gasteiger partial charge in [0.2, 0.25) is 0 Å². The molecule has 0 atom stereocenters. The predicted octanol–water partition coefficient (Wildman–Crippen LogP) is 2.13. The number of aromatic nitrogens is 1. The van der Waals surface area contributed by atoms with Gasteiger partial charge in [-0.1, -0.05) is 6.07 Å². The third-order valence-electron chi connectivity index (χ3n) is 2.33. The Morgan fingerprint density at radius 2 is 2.00 bits per heavy atom. The molecule has 2 N–H and O–H groups in total. The molecule has 0 saturated heterocycles. The number of hydrogen-bond donors (Lipinski definition) is 1. The molecule has 15 heavy (non-hydrogen) atoms. The van der Waals surface area contributed by atoms with Crippen LogP contribution in [0.5, 0.6) is 5.75 Å². The zero-order valence-electron chi connectivity index (χ0n) is 8.68. The van der Waals surface area contributed by atoms with Crippen LogP contribution in [0.15, 0.2) is 42.7 Å². The average molecular weight is 202 g/mol. The van der Waals surface area contributed by atoms with Crippen molar-refractivity contribution in [2.45, 2.75) is 6.54 Å². The number of nitrogens with zero attached hydrogens (tertiary/aromatic N) is 1. The van der Waals surface area contributed by atoms with Crippen molar-refractivity contribution < 1.29 is 4.74 Å². The fourth-order valence-electron chi connectivity index (χ4n) is 1.57. The highest BCUT2D eigenvalue weighted by Crippen LogP contribution is 2.22. The number of ether oxygens (including phenoxy) is 1. The lowest BCUT2D eigenvalue weighted by molar-refractivity contribution is 0.417. The minimum atomic E-state index is 0.683. The van der Waals surface area contributed by atoms with Gasteiger partial charge in [0.05, 0.1) is 12.8 Å². The van der Waals surface area contributed by atoms with Crippen LogP contribution in [0.25, 0.3) is 0 Å². The van der Waals surface area contributed by atoms with Gasteiger partial charge in [-0.25, -0.2) is 0 Å². The second kappa shape index (κ2) is 4.09. The Balaban J connectivity index is 2.20. The third-order valence-corrected chi connectivity index (χ3v) is 2.33. The van der Waals surface area contributed by atoms with Crippen LogP contribution in [0.4, 0.5) is 5.69 Å². The quantitative estimate of drug-likeness (QED) is 0.774. The summed E-state index contributed by atoms with van der Waals surface area (Å²) in [5.74, 6) is 0.728. The average Bonchev–Trinajstić information content (AvgIpc) is 2.71. The molecule has 0 saturated carbocycles. The normalized spacial score (nSPS) is 10.2. The largest absolute Gasteiger partial charge is 0.495 e. The van der Waals surface area contributed by atoms with Crippen molar-refractivity contribution in [3.63, 3.8) is 0 Å². The van der Waals surface area contributed by atoms with Crippen molar-refractivity contribution in [2.24, 2.45) is 0 Å². The highest BCUT2D eigenvalue weighted by atomic mass is 16.5. The smallest absolute Gasteiger partial charge is 0.141 e. The first-order chi connectivity index (χ1) is 7.29. The minimum absolute atomic E-state index is 0.683. The molecule has 78 valence electrons. The van der Waals surface area contributed by atoms with E-state index in [1.165, 1.54) is 5.56 Å². The maximum absolute atomic E-state index is 5.83. The van der Waals surface area contributed by atoms with Gasteiger partial charge in [0.1, 0.15) is 5.75 Å². The molecule has 0 aliphatic rings. The molecule has 0 bridgehead atoms. The van der Waals surface area contributed by atoms with E-state index in [4.69, 9.17) is 10.5 Å². The summed E-state index contributed by atoms with van der Waals surface area (Å²) in [5.41, 5.74) is 7.68. The van der Waals surface area contributed by atoms with Gasteiger partial charge in [-0.05, 0) is 29.8 Å². The van der Waals surface area contributed by atoms with E-state index in [2.05, 4.69) is 4.57 Å². The highest BCUT2D eigenvalue weighted by molar-refractivity contribution is 5.54.